The number of benzene rings is 1. The van der Waals surface area contributed by atoms with Gasteiger partial charge in [0.1, 0.15) is 12.4 Å². The third-order valence-corrected chi connectivity index (χ3v) is 4.48. The Hall–Kier alpha value is -1.01. The van der Waals surface area contributed by atoms with Crippen LogP contribution in [0.3, 0.4) is 0 Å². The summed E-state index contributed by atoms with van der Waals surface area (Å²) in [4.78, 5) is 16.8. The average Bonchev–Trinajstić information content (AvgIpc) is 2.54. The molecule has 25 heavy (non-hydrogen) atoms. The van der Waals surface area contributed by atoms with Crippen molar-refractivity contribution in [3.8, 4) is 5.75 Å². The highest BCUT2D eigenvalue weighted by Crippen LogP contribution is 2.24. The van der Waals surface area contributed by atoms with Crippen LogP contribution in [0.1, 0.15) is 30.1 Å². The number of likely N-dealkylation sites (N-methyl/N-ethyl adjacent to an activating group) is 1. The van der Waals surface area contributed by atoms with E-state index < -0.39 is 0 Å². The number of nitrogens with zero attached hydrogens (tertiary/aromatic N) is 2. The van der Waals surface area contributed by atoms with Crippen molar-refractivity contribution in [2.24, 2.45) is 11.7 Å². The topological polar surface area (TPSA) is 58.8 Å². The number of carbonyl (C=O) groups excluding carboxylic acids is 1. The first-order valence-electron chi connectivity index (χ1n) is 8.40. The van der Waals surface area contributed by atoms with E-state index in [1.165, 1.54) is 0 Å². The molecule has 1 amide bonds. The maximum atomic E-state index is 12.8. The molecule has 7 heteroatoms. The summed E-state index contributed by atoms with van der Waals surface area (Å²) < 4.78 is 5.81. The van der Waals surface area contributed by atoms with Crippen LogP contribution in [-0.4, -0.2) is 62.1 Å². The zero-order valence-electron chi connectivity index (χ0n) is 15.3. The van der Waals surface area contributed by atoms with Crippen molar-refractivity contribution in [3.63, 3.8) is 0 Å². The fraction of sp³-hybridized carbons (Fsp3) is 0.611. The number of hydrogen-bond donors (Lipinski definition) is 1. The highest BCUT2D eigenvalue weighted by molar-refractivity contribution is 5.97. The lowest BCUT2D eigenvalue weighted by molar-refractivity contribution is 0.0676. The summed E-state index contributed by atoms with van der Waals surface area (Å²) in [6.45, 7) is 5.00. The van der Waals surface area contributed by atoms with Gasteiger partial charge in [-0.15, -0.1) is 24.8 Å². The Morgan fingerprint density at radius 3 is 2.44 bits per heavy atom. The Labute approximate surface area is 163 Å². The van der Waals surface area contributed by atoms with Gasteiger partial charge in [0.05, 0.1) is 5.56 Å². The van der Waals surface area contributed by atoms with Crippen molar-refractivity contribution in [1.82, 2.24) is 9.80 Å². The molecular weight excluding hydrogens is 361 g/mol. The van der Waals surface area contributed by atoms with Crippen LogP contribution in [0.4, 0.5) is 0 Å². The number of hydrogen-bond acceptors (Lipinski definition) is 4. The summed E-state index contributed by atoms with van der Waals surface area (Å²) in [6, 6.07) is 7.72. The molecule has 0 aliphatic carbocycles. The molecule has 1 aliphatic heterocycles. The lowest BCUT2D eigenvalue weighted by atomic mass is 9.90. The van der Waals surface area contributed by atoms with Gasteiger partial charge in [0.2, 0.25) is 0 Å². The summed E-state index contributed by atoms with van der Waals surface area (Å²) in [5, 5.41) is 0. The van der Waals surface area contributed by atoms with Gasteiger partial charge >= 0.3 is 0 Å². The van der Waals surface area contributed by atoms with Crippen molar-refractivity contribution >= 4 is 30.7 Å². The van der Waals surface area contributed by atoms with Gasteiger partial charge in [-0.25, -0.2) is 0 Å². The van der Waals surface area contributed by atoms with Crippen LogP contribution in [0.2, 0.25) is 0 Å². The van der Waals surface area contributed by atoms with Gasteiger partial charge in [0.15, 0.2) is 0 Å². The van der Waals surface area contributed by atoms with E-state index in [0.717, 1.165) is 32.5 Å². The molecule has 1 unspecified atom stereocenters. The summed E-state index contributed by atoms with van der Waals surface area (Å²) in [6.07, 6.45) is 1.96. The quantitative estimate of drug-likeness (QED) is 0.809. The zero-order valence-corrected chi connectivity index (χ0v) is 16.9. The van der Waals surface area contributed by atoms with Gasteiger partial charge in [-0.3, -0.25) is 4.79 Å². The number of rotatable bonds is 6. The number of likely N-dealkylation sites (tertiary alicyclic amines) is 1. The molecule has 144 valence electrons. The number of halogens is 2. The molecule has 0 bridgehead atoms. The Balaban J connectivity index is 0.00000288. The molecule has 0 aromatic heterocycles. The second kappa shape index (κ2) is 11.6. The fourth-order valence-corrected chi connectivity index (χ4v) is 2.91. The van der Waals surface area contributed by atoms with E-state index in [2.05, 4.69) is 11.8 Å². The van der Waals surface area contributed by atoms with Crippen molar-refractivity contribution in [3.05, 3.63) is 29.8 Å². The van der Waals surface area contributed by atoms with Crippen molar-refractivity contribution in [2.45, 2.75) is 25.8 Å². The lowest BCUT2D eigenvalue weighted by Crippen LogP contribution is -2.42. The number of carbonyl (C=O) groups is 1. The molecule has 1 heterocycles. The summed E-state index contributed by atoms with van der Waals surface area (Å²) in [7, 11) is 4.01. The second-order valence-corrected chi connectivity index (χ2v) is 6.64. The van der Waals surface area contributed by atoms with E-state index in [1.54, 1.807) is 0 Å². The van der Waals surface area contributed by atoms with E-state index in [0.29, 0.717) is 23.8 Å². The zero-order chi connectivity index (χ0) is 16.8. The molecule has 1 aromatic rings. The number of amides is 1. The summed E-state index contributed by atoms with van der Waals surface area (Å²) in [5.74, 6) is 1.26. The molecule has 5 nitrogen and oxygen atoms in total. The average molecular weight is 392 g/mol. The van der Waals surface area contributed by atoms with Crippen LogP contribution >= 0.6 is 24.8 Å². The van der Waals surface area contributed by atoms with Crippen LogP contribution in [0.5, 0.6) is 5.75 Å². The predicted molar refractivity (Wildman–Crippen MR) is 107 cm³/mol. The minimum Gasteiger partial charge on any atom is -0.491 e. The first-order valence-corrected chi connectivity index (χ1v) is 8.40. The smallest absolute Gasteiger partial charge is 0.257 e. The molecule has 1 saturated heterocycles. The number of para-hydroxylation sites is 1. The fourth-order valence-electron chi connectivity index (χ4n) is 2.91. The van der Waals surface area contributed by atoms with E-state index in [9.17, 15) is 4.79 Å². The van der Waals surface area contributed by atoms with Crippen LogP contribution in [0.15, 0.2) is 24.3 Å². The first-order chi connectivity index (χ1) is 11.0. The highest BCUT2D eigenvalue weighted by atomic mass is 35.5. The monoisotopic (exact) mass is 391 g/mol. The number of nitrogens with two attached hydrogens (primary N) is 1. The van der Waals surface area contributed by atoms with Crippen LogP contribution in [0.25, 0.3) is 0 Å². The van der Waals surface area contributed by atoms with Gasteiger partial charge in [0, 0.05) is 25.7 Å². The molecule has 2 rings (SSSR count). The maximum Gasteiger partial charge on any atom is 0.257 e. The Bertz CT molecular complexity index is 519. The Kier molecular flexibility index (Phi) is 11.1. The molecule has 2 N–H and O–H groups in total. The molecule has 1 atom stereocenters. The van der Waals surface area contributed by atoms with E-state index in [4.69, 9.17) is 10.5 Å². The molecule has 1 aromatic carbocycles. The third kappa shape index (κ3) is 7.02. The largest absolute Gasteiger partial charge is 0.491 e. The van der Waals surface area contributed by atoms with Gasteiger partial charge < -0.3 is 20.3 Å². The SMILES string of the molecule is CC(N)C1CCN(C(=O)c2ccccc2OCCN(C)C)CC1.Cl.Cl. The normalized spacial score (nSPS) is 16.0. The Morgan fingerprint density at radius 2 is 1.88 bits per heavy atom. The second-order valence-electron chi connectivity index (χ2n) is 6.64. The molecule has 0 saturated carbocycles. The van der Waals surface area contributed by atoms with E-state index in [-0.39, 0.29) is 36.8 Å². The summed E-state index contributed by atoms with van der Waals surface area (Å²) >= 11 is 0. The molecule has 0 radical (unpaired) electrons. The van der Waals surface area contributed by atoms with E-state index in [1.807, 2.05) is 43.3 Å². The van der Waals surface area contributed by atoms with Crippen LogP contribution < -0.4 is 10.5 Å². The Morgan fingerprint density at radius 1 is 1.28 bits per heavy atom. The summed E-state index contributed by atoms with van der Waals surface area (Å²) in [5.41, 5.74) is 6.63. The highest BCUT2D eigenvalue weighted by Gasteiger charge is 2.26. The number of ether oxygens (including phenoxy) is 1. The molecule has 1 fully saturated rings. The maximum absolute atomic E-state index is 12.8. The molecule has 1 aliphatic rings. The minimum atomic E-state index is 0. The van der Waals surface area contributed by atoms with Gasteiger partial charge in [-0.05, 0) is 51.9 Å². The van der Waals surface area contributed by atoms with Crippen molar-refractivity contribution in [1.29, 1.82) is 0 Å². The lowest BCUT2D eigenvalue weighted by Gasteiger charge is -2.34. The minimum absolute atomic E-state index is 0. The standard InChI is InChI=1S/C18H29N3O2.2ClH/c1-14(19)15-8-10-21(11-9-15)18(22)16-6-4-5-7-17(16)23-13-12-20(2)3;;/h4-7,14-15H,8-13,19H2,1-3H3;2*1H. The first kappa shape index (κ1) is 24.0. The van der Waals surface area contributed by atoms with Gasteiger partial charge in [-0.1, -0.05) is 12.1 Å². The van der Waals surface area contributed by atoms with Crippen LogP contribution in [0, 0.1) is 5.92 Å². The van der Waals surface area contributed by atoms with Crippen LogP contribution in [-0.2, 0) is 0 Å². The van der Waals surface area contributed by atoms with Crippen molar-refractivity contribution in [2.75, 3.05) is 40.3 Å². The number of piperidine rings is 1. The molecule has 0 spiro atoms. The van der Waals surface area contributed by atoms with Gasteiger partial charge in [-0.2, -0.15) is 0 Å². The third-order valence-electron chi connectivity index (χ3n) is 4.48. The van der Waals surface area contributed by atoms with Gasteiger partial charge in [0.25, 0.3) is 5.91 Å². The predicted octanol–water partition coefficient (Wildman–Crippen LogP) is 2.67. The van der Waals surface area contributed by atoms with E-state index >= 15 is 0 Å². The van der Waals surface area contributed by atoms with Crippen molar-refractivity contribution < 1.29 is 9.53 Å². The molecular formula is C18H31Cl2N3O2.